The van der Waals surface area contributed by atoms with Gasteiger partial charge in [-0.05, 0) is 60.4 Å². The summed E-state index contributed by atoms with van der Waals surface area (Å²) in [6, 6.07) is 22.6. The molecular formula is C26H24I3N8OV-. The normalized spacial score (nSPS) is 12.0. The van der Waals surface area contributed by atoms with Gasteiger partial charge in [0.1, 0.15) is 0 Å². The maximum atomic E-state index is 12.5. The molecule has 0 atom stereocenters. The molecule has 1 heterocycles. The Balaban J connectivity index is 0.000000788. The minimum absolute atomic E-state index is 0. The van der Waals surface area contributed by atoms with E-state index in [-0.39, 0.29) is 36.5 Å². The van der Waals surface area contributed by atoms with E-state index < -0.39 is 0 Å². The number of nitrogens with two attached hydrogens (primary N) is 2. The van der Waals surface area contributed by atoms with Crippen molar-refractivity contribution in [1.82, 2.24) is 15.0 Å². The van der Waals surface area contributed by atoms with Gasteiger partial charge in [-0.3, -0.25) is 72.6 Å². The molecule has 1 aliphatic rings. The van der Waals surface area contributed by atoms with Crippen LogP contribution < -0.4 is 27.4 Å². The molecular weight excluding hydrogens is 872 g/mol. The molecule has 1 aliphatic carbocycles. The number of hydrogen-bond acceptors (Lipinski definition) is 8. The van der Waals surface area contributed by atoms with Crippen molar-refractivity contribution in [2.45, 2.75) is 18.9 Å². The number of aromatic nitrogens is 3. The van der Waals surface area contributed by atoms with Gasteiger partial charge in [-0.15, -0.1) is -0.0619 Å². The molecule has 7 N–H and O–H groups in total. The Hall–Kier alpha value is -1.89. The first-order valence-corrected chi connectivity index (χ1v) is 14.7. The molecule has 0 spiro atoms. The number of nitrogens with one attached hydrogen (secondary N) is 3. The smallest absolute Gasteiger partial charge is 0.255 e. The van der Waals surface area contributed by atoms with Gasteiger partial charge in [-0.2, -0.15) is 15.0 Å². The van der Waals surface area contributed by atoms with Crippen LogP contribution in [0.25, 0.3) is 0 Å². The van der Waals surface area contributed by atoms with E-state index in [4.69, 9.17) is 11.5 Å². The van der Waals surface area contributed by atoms with Crippen LogP contribution in [0.4, 0.5) is 34.9 Å². The first kappa shape index (κ1) is 31.6. The van der Waals surface area contributed by atoms with Crippen molar-refractivity contribution in [2.75, 3.05) is 27.4 Å². The Morgan fingerprint density at radius 3 is 2.00 bits per heavy atom. The number of carbonyl (C=O) groups is 1. The fraction of sp³-hybridized carbons (Fsp3) is 0.115. The van der Waals surface area contributed by atoms with Crippen LogP contribution in [0.3, 0.4) is 0 Å². The van der Waals surface area contributed by atoms with Gasteiger partial charge in [-0.25, -0.2) is 0 Å². The van der Waals surface area contributed by atoms with Gasteiger partial charge in [0.05, 0.1) is 11.4 Å². The summed E-state index contributed by atoms with van der Waals surface area (Å²) in [5.41, 5.74) is 16.8. The number of amides is 1. The molecule has 0 saturated carbocycles. The van der Waals surface area contributed by atoms with Crippen LogP contribution in [0.1, 0.15) is 21.5 Å². The van der Waals surface area contributed by atoms with Gasteiger partial charge in [0.15, 0.2) is 0 Å². The largest absolute Gasteiger partial charge is 0.397 e. The quantitative estimate of drug-likeness (QED) is 0.0858. The summed E-state index contributed by atoms with van der Waals surface area (Å²) in [7, 11) is 0. The van der Waals surface area contributed by atoms with Crippen molar-refractivity contribution in [3.05, 3.63) is 89.4 Å². The predicted molar refractivity (Wildman–Crippen MR) is 179 cm³/mol. The van der Waals surface area contributed by atoms with Crippen molar-refractivity contribution in [1.29, 1.82) is 0 Å². The Morgan fingerprint density at radius 2 is 1.38 bits per heavy atom. The molecule has 13 heteroatoms. The molecule has 4 aromatic rings. The standard InChI is InChI=1S/C25H24N8O.CI3.V/c26-20-7-3-4-8-21(20)30-22(34)15-9-11-18(12-10-15)28-24-31-23(27)32-25(33-24)29-19-13-16-5-1-2-6-17(16)14-19;2-1(3)4;/h1-12,19H,13-14,26H2,(H,30,34)(H4,27,28,29,31,32,33);;/q;-1;. The zero-order chi connectivity index (χ0) is 27.1. The Kier molecular flexibility index (Phi) is 12.3. The summed E-state index contributed by atoms with van der Waals surface area (Å²) < 4.78 is 1.33. The van der Waals surface area contributed by atoms with Gasteiger partial charge in [-0.1, -0.05) is 36.4 Å². The molecule has 1 aromatic heterocycles. The molecule has 201 valence electrons. The van der Waals surface area contributed by atoms with E-state index in [0.29, 0.717) is 34.5 Å². The average Bonchev–Trinajstić information content (AvgIpc) is 3.27. The predicted octanol–water partition coefficient (Wildman–Crippen LogP) is 6.35. The fourth-order valence-electron chi connectivity index (χ4n) is 4.00. The van der Waals surface area contributed by atoms with E-state index in [1.807, 2.05) is 12.1 Å². The summed E-state index contributed by atoms with van der Waals surface area (Å²) in [6.07, 6.45) is 1.81. The number of nitrogen functional groups attached to an aromatic ring is 2. The number of benzene rings is 3. The molecule has 39 heavy (non-hydrogen) atoms. The third-order valence-corrected chi connectivity index (χ3v) is 5.65. The second kappa shape index (κ2) is 15.2. The van der Waals surface area contributed by atoms with Crippen LogP contribution in [0.2, 0.25) is 0 Å². The van der Waals surface area contributed by atoms with Crippen LogP contribution in [-0.4, -0.2) is 26.9 Å². The number of rotatable bonds is 6. The van der Waals surface area contributed by atoms with E-state index in [0.717, 1.165) is 12.8 Å². The number of carbonyl (C=O) groups excluding carboxylic acids is 1. The molecule has 5 rings (SSSR count). The zero-order valence-electron chi connectivity index (χ0n) is 20.4. The summed E-state index contributed by atoms with van der Waals surface area (Å²) in [5.74, 6) is 0.605. The first-order valence-electron chi connectivity index (χ1n) is 11.5. The third kappa shape index (κ3) is 9.62. The molecule has 0 saturated heterocycles. The number of anilines is 6. The number of fused-ring (bicyclic) bond motifs is 1. The van der Waals surface area contributed by atoms with Crippen LogP contribution >= 0.6 is 67.8 Å². The summed E-state index contributed by atoms with van der Waals surface area (Å²) in [6.45, 7) is 0. The van der Waals surface area contributed by atoms with E-state index in [1.54, 1.807) is 36.4 Å². The third-order valence-electron chi connectivity index (χ3n) is 5.65. The maximum Gasteiger partial charge on any atom is 0.255 e. The fourth-order valence-corrected chi connectivity index (χ4v) is 4.00. The van der Waals surface area contributed by atoms with Crippen molar-refractivity contribution in [3.63, 3.8) is 0 Å². The Bertz CT molecular complexity index is 1380. The van der Waals surface area contributed by atoms with E-state index in [2.05, 4.69) is 123 Å². The van der Waals surface area contributed by atoms with E-state index in [9.17, 15) is 4.79 Å². The Labute approximate surface area is 279 Å². The van der Waals surface area contributed by atoms with Crippen LogP contribution in [0.5, 0.6) is 0 Å². The number of hydrogen-bond donors (Lipinski definition) is 5. The minimum Gasteiger partial charge on any atom is -0.397 e. The van der Waals surface area contributed by atoms with Crippen molar-refractivity contribution >= 4 is 109 Å². The van der Waals surface area contributed by atoms with E-state index in [1.165, 1.54) is 11.1 Å². The van der Waals surface area contributed by atoms with Gasteiger partial charge < -0.3 is 27.4 Å². The molecule has 0 unspecified atom stereocenters. The summed E-state index contributed by atoms with van der Waals surface area (Å²) in [5, 5.41) is 9.29. The number of nitrogens with zero attached hydrogens (tertiary/aromatic N) is 3. The zero-order valence-corrected chi connectivity index (χ0v) is 28.3. The van der Waals surface area contributed by atoms with Crippen LogP contribution in [-0.2, 0) is 31.4 Å². The van der Waals surface area contributed by atoms with Crippen LogP contribution in [0, 0.1) is -0.0619 Å². The number of para-hydroxylation sites is 2. The minimum atomic E-state index is -0.252. The van der Waals surface area contributed by atoms with Crippen molar-refractivity contribution in [3.8, 4) is 0 Å². The first-order chi connectivity index (χ1) is 18.3. The molecule has 3 aromatic carbocycles. The average molecular weight is 896 g/mol. The van der Waals surface area contributed by atoms with Crippen molar-refractivity contribution < 1.29 is 23.4 Å². The molecule has 1 amide bonds. The molecule has 0 aliphatic heterocycles. The Morgan fingerprint density at radius 1 is 0.821 bits per heavy atom. The second-order valence-corrected chi connectivity index (χ2v) is 17.7. The van der Waals surface area contributed by atoms with Gasteiger partial charge in [0.2, 0.25) is 17.8 Å². The number of halogens is 3. The van der Waals surface area contributed by atoms with E-state index >= 15 is 0 Å². The SMILES string of the molecule is I[C-](I)I.Nc1nc(Nc2ccc(C(=O)Nc3ccccc3N)cc2)nc(NC2Cc3ccccc3C2)n1.[V]. The summed E-state index contributed by atoms with van der Waals surface area (Å²) in [4.78, 5) is 25.4. The monoisotopic (exact) mass is 896 g/mol. The molecule has 9 nitrogen and oxygen atoms in total. The topological polar surface area (TPSA) is 144 Å². The molecule has 0 bridgehead atoms. The summed E-state index contributed by atoms with van der Waals surface area (Å²) >= 11 is 6.70. The molecule has 0 fully saturated rings. The van der Waals surface area contributed by atoms with Gasteiger partial charge in [0, 0.05) is 35.8 Å². The van der Waals surface area contributed by atoms with Gasteiger partial charge >= 0.3 is 0 Å². The van der Waals surface area contributed by atoms with Gasteiger partial charge in [0.25, 0.3) is 5.91 Å². The molecule has 1 radical (unpaired) electrons. The second-order valence-electron chi connectivity index (χ2n) is 8.32. The van der Waals surface area contributed by atoms with Crippen LogP contribution in [0.15, 0.2) is 72.8 Å². The van der Waals surface area contributed by atoms with Crippen molar-refractivity contribution in [2.24, 2.45) is 0 Å². The maximum absolute atomic E-state index is 12.5.